The fourth-order valence-electron chi connectivity index (χ4n) is 3.76. The van der Waals surface area contributed by atoms with Crippen LogP contribution in [0.5, 0.6) is 5.75 Å². The number of sulfonamides is 1. The summed E-state index contributed by atoms with van der Waals surface area (Å²) in [5.41, 5.74) is 2.31. The summed E-state index contributed by atoms with van der Waals surface area (Å²) in [5.74, 6) is 1.10. The Bertz CT molecular complexity index is 1310. The van der Waals surface area contributed by atoms with E-state index in [1.165, 1.54) is 10.6 Å². The summed E-state index contributed by atoms with van der Waals surface area (Å²) in [6.07, 6.45) is 3.99. The molecule has 3 heterocycles. The average molecular weight is 472 g/mol. The van der Waals surface area contributed by atoms with Gasteiger partial charge < -0.3 is 14.4 Å². The maximum atomic E-state index is 12.7. The van der Waals surface area contributed by atoms with Crippen LogP contribution in [-0.4, -0.2) is 56.0 Å². The number of nitrogens with one attached hydrogen (secondary N) is 1. The molecule has 0 saturated carbocycles. The van der Waals surface area contributed by atoms with Crippen LogP contribution in [0.3, 0.4) is 0 Å². The first-order valence-corrected chi connectivity index (χ1v) is 12.1. The van der Waals surface area contributed by atoms with Crippen LogP contribution >= 0.6 is 0 Å². The van der Waals surface area contributed by atoms with Gasteiger partial charge in [-0.05, 0) is 30.3 Å². The van der Waals surface area contributed by atoms with Crippen LogP contribution < -0.4 is 19.9 Å². The Hall–Kier alpha value is -3.44. The molecule has 33 heavy (non-hydrogen) atoms. The standard InChI is InChI=1S/C22H25N5O5S/c1-26-21(28)13-18(15-6-8-23-9-7-15)24-22(26)27-10-11-32-20(14-27)17-12-16(25-33(3,29)30)4-5-19(17)31-2/h4-9,12-13,20,25H,10-11,14H2,1-3H3/t20-/m1/s1. The van der Waals surface area contributed by atoms with Gasteiger partial charge in [-0.1, -0.05) is 0 Å². The Balaban J connectivity index is 1.68. The van der Waals surface area contributed by atoms with E-state index in [2.05, 4.69) is 9.71 Å². The molecule has 4 rings (SSSR count). The van der Waals surface area contributed by atoms with E-state index < -0.39 is 16.1 Å². The van der Waals surface area contributed by atoms with Crippen LogP contribution in [-0.2, 0) is 21.8 Å². The summed E-state index contributed by atoms with van der Waals surface area (Å²) in [6.45, 7) is 1.34. The Morgan fingerprint density at radius 1 is 1.18 bits per heavy atom. The second kappa shape index (κ2) is 9.20. The molecule has 1 atom stereocenters. The maximum Gasteiger partial charge on any atom is 0.255 e. The number of hydrogen-bond donors (Lipinski definition) is 1. The van der Waals surface area contributed by atoms with Crippen molar-refractivity contribution < 1.29 is 17.9 Å². The van der Waals surface area contributed by atoms with Crippen molar-refractivity contribution >= 4 is 21.7 Å². The number of morpholine rings is 1. The van der Waals surface area contributed by atoms with Gasteiger partial charge in [-0.3, -0.25) is 19.1 Å². The summed E-state index contributed by atoms with van der Waals surface area (Å²) < 4.78 is 38.8. The van der Waals surface area contributed by atoms with Crippen molar-refractivity contribution in [3.63, 3.8) is 0 Å². The lowest BCUT2D eigenvalue weighted by molar-refractivity contribution is 0.0375. The number of hydrogen-bond acceptors (Lipinski definition) is 8. The Labute approximate surface area is 191 Å². The molecule has 3 aromatic rings. The molecule has 0 radical (unpaired) electrons. The first-order valence-electron chi connectivity index (χ1n) is 10.3. The normalized spacial score (nSPS) is 16.5. The minimum absolute atomic E-state index is 0.174. The first-order chi connectivity index (χ1) is 15.7. The smallest absolute Gasteiger partial charge is 0.255 e. The number of nitrogens with zero attached hydrogens (tertiary/aromatic N) is 4. The molecule has 0 unspecified atom stereocenters. The molecule has 0 spiro atoms. The van der Waals surface area contributed by atoms with Crippen molar-refractivity contribution in [1.82, 2.24) is 14.5 Å². The van der Waals surface area contributed by atoms with Gasteiger partial charge >= 0.3 is 0 Å². The van der Waals surface area contributed by atoms with E-state index in [0.717, 1.165) is 11.8 Å². The van der Waals surface area contributed by atoms with E-state index in [1.54, 1.807) is 56.9 Å². The summed E-state index contributed by atoms with van der Waals surface area (Å²) in [7, 11) is -0.203. The lowest BCUT2D eigenvalue weighted by atomic mass is 10.1. The van der Waals surface area contributed by atoms with Crippen molar-refractivity contribution in [2.45, 2.75) is 6.10 Å². The number of anilines is 2. The van der Waals surface area contributed by atoms with E-state index in [0.29, 0.717) is 48.3 Å². The van der Waals surface area contributed by atoms with Crippen LogP contribution in [0.15, 0.2) is 53.6 Å². The number of benzene rings is 1. The third kappa shape index (κ3) is 5.15. The SMILES string of the molecule is COc1ccc(NS(C)(=O)=O)cc1[C@H]1CN(c2nc(-c3ccncc3)cc(=O)n2C)CCO1. The van der Waals surface area contributed by atoms with Crippen LogP contribution in [0.4, 0.5) is 11.6 Å². The zero-order valence-corrected chi connectivity index (χ0v) is 19.4. The molecule has 2 aromatic heterocycles. The maximum absolute atomic E-state index is 12.7. The number of rotatable bonds is 6. The van der Waals surface area contributed by atoms with Crippen molar-refractivity contribution in [2.75, 3.05) is 42.7 Å². The van der Waals surface area contributed by atoms with Gasteiger partial charge in [-0.25, -0.2) is 13.4 Å². The molecule has 0 bridgehead atoms. The van der Waals surface area contributed by atoms with E-state index in [9.17, 15) is 13.2 Å². The molecule has 174 valence electrons. The molecule has 1 aromatic carbocycles. The number of pyridine rings is 1. The molecule has 0 amide bonds. The van der Waals surface area contributed by atoms with Crippen molar-refractivity contribution in [3.05, 3.63) is 64.7 Å². The van der Waals surface area contributed by atoms with Gasteiger partial charge in [-0.15, -0.1) is 0 Å². The molecule has 1 N–H and O–H groups in total. The Morgan fingerprint density at radius 3 is 2.64 bits per heavy atom. The molecule has 11 heteroatoms. The zero-order valence-electron chi connectivity index (χ0n) is 18.6. The summed E-state index contributed by atoms with van der Waals surface area (Å²) >= 11 is 0. The predicted octanol–water partition coefficient (Wildman–Crippen LogP) is 1.80. The lowest BCUT2D eigenvalue weighted by Gasteiger charge is -2.35. The molecule has 1 fully saturated rings. The van der Waals surface area contributed by atoms with Crippen LogP contribution in [0.1, 0.15) is 11.7 Å². The monoisotopic (exact) mass is 471 g/mol. The molecular formula is C22H25N5O5S. The molecule has 1 aliphatic heterocycles. The van der Waals surface area contributed by atoms with Crippen LogP contribution in [0.25, 0.3) is 11.3 Å². The van der Waals surface area contributed by atoms with E-state index in [4.69, 9.17) is 14.5 Å². The molecule has 0 aliphatic carbocycles. The quantitative estimate of drug-likeness (QED) is 0.579. The van der Waals surface area contributed by atoms with E-state index in [1.807, 2.05) is 4.90 Å². The van der Waals surface area contributed by atoms with Gasteiger partial charge in [0, 0.05) is 48.9 Å². The second-order valence-corrected chi connectivity index (χ2v) is 9.46. The first kappa shape index (κ1) is 22.7. The highest BCUT2D eigenvalue weighted by Gasteiger charge is 2.27. The van der Waals surface area contributed by atoms with Gasteiger partial charge in [0.15, 0.2) is 0 Å². The third-order valence-corrected chi connectivity index (χ3v) is 5.92. The highest BCUT2D eigenvalue weighted by Crippen LogP contribution is 2.34. The Morgan fingerprint density at radius 2 is 1.94 bits per heavy atom. The minimum Gasteiger partial charge on any atom is -0.496 e. The third-order valence-electron chi connectivity index (χ3n) is 5.32. The van der Waals surface area contributed by atoms with Gasteiger partial charge in [0.25, 0.3) is 5.56 Å². The van der Waals surface area contributed by atoms with Crippen molar-refractivity contribution in [3.8, 4) is 17.0 Å². The van der Waals surface area contributed by atoms with Crippen LogP contribution in [0, 0.1) is 0 Å². The van der Waals surface area contributed by atoms with Gasteiger partial charge in [0.05, 0.1) is 32.2 Å². The molecule has 1 aliphatic rings. The van der Waals surface area contributed by atoms with Gasteiger partial charge in [-0.2, -0.15) is 0 Å². The average Bonchev–Trinajstić information content (AvgIpc) is 2.80. The zero-order chi connectivity index (χ0) is 23.6. The topological polar surface area (TPSA) is 116 Å². The number of ether oxygens (including phenoxy) is 2. The van der Waals surface area contributed by atoms with Crippen molar-refractivity contribution in [1.29, 1.82) is 0 Å². The Kier molecular flexibility index (Phi) is 6.34. The number of methoxy groups -OCH3 is 1. The second-order valence-electron chi connectivity index (χ2n) is 7.71. The summed E-state index contributed by atoms with van der Waals surface area (Å²) in [4.78, 5) is 23.4. The fraction of sp³-hybridized carbons (Fsp3) is 0.318. The largest absolute Gasteiger partial charge is 0.496 e. The van der Waals surface area contributed by atoms with E-state index in [-0.39, 0.29) is 5.56 Å². The fourth-order valence-corrected chi connectivity index (χ4v) is 4.32. The van der Waals surface area contributed by atoms with E-state index >= 15 is 0 Å². The molecular weight excluding hydrogens is 446 g/mol. The molecule has 10 nitrogen and oxygen atoms in total. The van der Waals surface area contributed by atoms with Gasteiger partial charge in [0.1, 0.15) is 11.9 Å². The minimum atomic E-state index is -3.43. The number of aromatic nitrogens is 3. The van der Waals surface area contributed by atoms with Gasteiger partial charge in [0.2, 0.25) is 16.0 Å². The highest BCUT2D eigenvalue weighted by atomic mass is 32.2. The summed E-state index contributed by atoms with van der Waals surface area (Å²) in [5, 5.41) is 0. The summed E-state index contributed by atoms with van der Waals surface area (Å²) in [6, 6.07) is 10.1. The van der Waals surface area contributed by atoms with Crippen molar-refractivity contribution in [2.24, 2.45) is 7.05 Å². The lowest BCUT2D eigenvalue weighted by Crippen LogP contribution is -2.41. The molecule has 1 saturated heterocycles. The highest BCUT2D eigenvalue weighted by molar-refractivity contribution is 7.92. The predicted molar refractivity (Wildman–Crippen MR) is 125 cm³/mol. The van der Waals surface area contributed by atoms with Crippen LogP contribution in [0.2, 0.25) is 0 Å².